The van der Waals surface area contributed by atoms with Gasteiger partial charge < -0.3 is 4.74 Å². The van der Waals surface area contributed by atoms with Gasteiger partial charge in [-0.2, -0.15) is 5.10 Å². The predicted molar refractivity (Wildman–Crippen MR) is 147 cm³/mol. The molecule has 0 aromatic heterocycles. The Kier molecular flexibility index (Phi) is 6.65. The predicted octanol–water partition coefficient (Wildman–Crippen LogP) is 6.71. The molecule has 1 atom stereocenters. The summed E-state index contributed by atoms with van der Waals surface area (Å²) in [6, 6.07) is 23.3. The average molecular weight is 520 g/mol. The third-order valence-electron chi connectivity index (χ3n) is 5.96. The Balaban J connectivity index is 1.49. The minimum absolute atomic E-state index is 0.0766. The maximum absolute atomic E-state index is 13.3. The molecule has 2 aliphatic heterocycles. The zero-order chi connectivity index (χ0) is 24.5. The molecule has 1 amide bonds. The van der Waals surface area contributed by atoms with E-state index in [9.17, 15) is 4.79 Å². The van der Waals surface area contributed by atoms with E-state index in [4.69, 9.17) is 33.7 Å². The maximum Gasteiger partial charge on any atom is 0.272 e. The molecule has 0 bridgehead atoms. The number of amides is 1. The number of anilines is 1. The van der Waals surface area contributed by atoms with Gasteiger partial charge in [0.1, 0.15) is 5.75 Å². The number of hydrogen-bond acceptors (Lipinski definition) is 6. The second kappa shape index (κ2) is 9.85. The number of aryl methyl sites for hydroxylation is 1. The zero-order valence-electron chi connectivity index (χ0n) is 19.1. The van der Waals surface area contributed by atoms with E-state index in [1.54, 1.807) is 12.0 Å². The normalized spacial score (nSPS) is 19.0. The first-order chi connectivity index (χ1) is 16.9. The van der Waals surface area contributed by atoms with Crippen molar-refractivity contribution in [3.05, 3.63) is 106 Å². The van der Waals surface area contributed by atoms with Crippen molar-refractivity contribution in [2.45, 2.75) is 19.4 Å². The number of benzene rings is 3. The molecule has 2 aliphatic rings. The third-order valence-corrected chi connectivity index (χ3v) is 7.50. The molecule has 1 fully saturated rings. The van der Waals surface area contributed by atoms with Crippen molar-refractivity contribution in [2.24, 2.45) is 5.10 Å². The molecule has 5 rings (SSSR count). The van der Waals surface area contributed by atoms with E-state index in [1.807, 2.05) is 90.9 Å². The van der Waals surface area contributed by atoms with E-state index in [0.717, 1.165) is 33.8 Å². The van der Waals surface area contributed by atoms with Crippen molar-refractivity contribution in [1.82, 2.24) is 5.01 Å². The van der Waals surface area contributed by atoms with Crippen LogP contribution in [0, 0.1) is 6.92 Å². The van der Waals surface area contributed by atoms with Gasteiger partial charge in [0.15, 0.2) is 4.32 Å². The van der Waals surface area contributed by atoms with Gasteiger partial charge in [0.2, 0.25) is 0 Å². The highest BCUT2D eigenvalue weighted by molar-refractivity contribution is 8.27. The molecule has 3 aromatic rings. The fraction of sp³-hybridized carbons (Fsp3) is 0.148. The van der Waals surface area contributed by atoms with Crippen molar-refractivity contribution < 1.29 is 9.53 Å². The molecule has 1 saturated heterocycles. The van der Waals surface area contributed by atoms with E-state index in [2.05, 4.69) is 0 Å². The SMILES string of the molecule is COc1ccc(C2=NN(/C=C3\SC(=S)N(c4ccc(C)cc4)C3=O)C(c3ccc(Cl)cc3)C2)cc1. The third kappa shape index (κ3) is 4.85. The Morgan fingerprint density at radius 2 is 1.74 bits per heavy atom. The Bertz CT molecular complexity index is 1340. The number of carbonyl (C=O) groups excluding carboxylic acids is 1. The van der Waals surface area contributed by atoms with Gasteiger partial charge in [-0.05, 0) is 66.6 Å². The number of thioether (sulfide) groups is 1. The monoisotopic (exact) mass is 519 g/mol. The Labute approximate surface area is 219 Å². The van der Waals surface area contributed by atoms with E-state index in [0.29, 0.717) is 20.7 Å². The Morgan fingerprint density at radius 1 is 1.06 bits per heavy atom. The largest absolute Gasteiger partial charge is 0.497 e. The van der Waals surface area contributed by atoms with Gasteiger partial charge in [-0.15, -0.1) is 0 Å². The lowest BCUT2D eigenvalue weighted by Gasteiger charge is -2.21. The van der Waals surface area contributed by atoms with Gasteiger partial charge in [0, 0.05) is 17.6 Å². The summed E-state index contributed by atoms with van der Waals surface area (Å²) < 4.78 is 5.79. The standard InChI is InChI=1S/C27H22ClN3O2S2/c1-17-3-11-21(12-4-17)31-26(32)25(35-27(31)34)16-30-24(19-5-9-20(28)10-6-19)15-23(29-30)18-7-13-22(33-2)14-8-18/h3-14,16,24H,15H2,1-2H3/b25-16-. The second-order valence-electron chi connectivity index (χ2n) is 8.26. The molecule has 3 aromatic carbocycles. The van der Waals surface area contributed by atoms with Gasteiger partial charge in [-0.3, -0.25) is 14.7 Å². The number of hydrogen-bond donors (Lipinski definition) is 0. The lowest BCUT2D eigenvalue weighted by atomic mass is 9.98. The van der Waals surface area contributed by atoms with Crippen molar-refractivity contribution in [2.75, 3.05) is 12.0 Å². The van der Waals surface area contributed by atoms with Crippen molar-refractivity contribution in [1.29, 1.82) is 0 Å². The lowest BCUT2D eigenvalue weighted by Crippen LogP contribution is -2.27. The maximum atomic E-state index is 13.3. The molecule has 2 heterocycles. The lowest BCUT2D eigenvalue weighted by molar-refractivity contribution is -0.113. The second-order valence-corrected chi connectivity index (χ2v) is 10.4. The minimum Gasteiger partial charge on any atom is -0.497 e. The van der Waals surface area contributed by atoms with Crippen LogP contribution in [-0.4, -0.2) is 28.1 Å². The van der Waals surface area contributed by atoms with E-state index >= 15 is 0 Å². The molecular weight excluding hydrogens is 498 g/mol. The fourth-order valence-corrected chi connectivity index (χ4v) is 5.45. The first-order valence-corrected chi connectivity index (χ1v) is 12.6. The smallest absolute Gasteiger partial charge is 0.272 e. The molecule has 5 nitrogen and oxygen atoms in total. The van der Waals surface area contributed by atoms with Crippen molar-refractivity contribution >= 4 is 57.2 Å². The Hall–Kier alpha value is -3.13. The number of nitrogens with zero attached hydrogens (tertiary/aromatic N) is 3. The minimum atomic E-state index is -0.146. The highest BCUT2D eigenvalue weighted by Gasteiger charge is 2.36. The van der Waals surface area contributed by atoms with E-state index < -0.39 is 0 Å². The summed E-state index contributed by atoms with van der Waals surface area (Å²) in [7, 11) is 1.65. The summed E-state index contributed by atoms with van der Waals surface area (Å²) in [4.78, 5) is 15.5. The number of carbonyl (C=O) groups is 1. The summed E-state index contributed by atoms with van der Waals surface area (Å²) in [5.74, 6) is 0.644. The first-order valence-electron chi connectivity index (χ1n) is 11.0. The van der Waals surface area contributed by atoms with Crippen LogP contribution in [-0.2, 0) is 4.79 Å². The quantitative estimate of drug-likeness (QED) is 0.277. The molecule has 0 radical (unpaired) electrons. The number of thiocarbonyl (C=S) groups is 1. The molecule has 0 saturated carbocycles. The summed E-state index contributed by atoms with van der Waals surface area (Å²) in [5, 5.41) is 7.44. The van der Waals surface area contributed by atoms with Crippen LogP contribution in [0.5, 0.6) is 5.75 Å². The summed E-state index contributed by atoms with van der Waals surface area (Å²) >= 11 is 13.0. The Morgan fingerprint density at radius 3 is 2.40 bits per heavy atom. The zero-order valence-corrected chi connectivity index (χ0v) is 21.5. The molecule has 1 unspecified atom stereocenters. The van der Waals surface area contributed by atoms with Gasteiger partial charge >= 0.3 is 0 Å². The summed E-state index contributed by atoms with van der Waals surface area (Å²) in [5.41, 5.74) is 4.88. The van der Waals surface area contributed by atoms with Crippen LogP contribution in [0.15, 0.2) is 89.0 Å². The van der Waals surface area contributed by atoms with Crippen LogP contribution < -0.4 is 9.64 Å². The molecule has 0 N–H and O–H groups in total. The highest BCUT2D eigenvalue weighted by Crippen LogP contribution is 2.39. The van der Waals surface area contributed by atoms with E-state index in [-0.39, 0.29) is 11.9 Å². The van der Waals surface area contributed by atoms with Gasteiger partial charge in [-0.1, -0.05) is 65.4 Å². The fourth-order valence-electron chi connectivity index (χ4n) is 4.05. The molecule has 35 heavy (non-hydrogen) atoms. The van der Waals surface area contributed by atoms with Gasteiger partial charge in [-0.25, -0.2) is 0 Å². The van der Waals surface area contributed by atoms with Crippen LogP contribution in [0.2, 0.25) is 5.02 Å². The number of ether oxygens (including phenoxy) is 1. The molecule has 0 spiro atoms. The number of methoxy groups -OCH3 is 1. The number of rotatable bonds is 5. The van der Waals surface area contributed by atoms with Crippen LogP contribution in [0.3, 0.4) is 0 Å². The van der Waals surface area contributed by atoms with Gasteiger partial charge in [0.05, 0.1) is 29.5 Å². The number of hydrazone groups is 1. The highest BCUT2D eigenvalue weighted by atomic mass is 35.5. The van der Waals surface area contributed by atoms with Crippen LogP contribution >= 0.6 is 35.6 Å². The first kappa shape index (κ1) is 23.6. The number of halogens is 1. The summed E-state index contributed by atoms with van der Waals surface area (Å²) in [6.45, 7) is 2.01. The van der Waals surface area contributed by atoms with Crippen molar-refractivity contribution in [3.8, 4) is 5.75 Å². The van der Waals surface area contributed by atoms with Crippen molar-refractivity contribution in [3.63, 3.8) is 0 Å². The average Bonchev–Trinajstić information content (AvgIpc) is 3.41. The molecular formula is C27H22ClN3O2S2. The molecule has 176 valence electrons. The molecule has 8 heteroatoms. The van der Waals surface area contributed by atoms with Crippen LogP contribution in [0.25, 0.3) is 0 Å². The van der Waals surface area contributed by atoms with Crippen LogP contribution in [0.4, 0.5) is 5.69 Å². The van der Waals surface area contributed by atoms with Gasteiger partial charge in [0.25, 0.3) is 5.91 Å². The van der Waals surface area contributed by atoms with Crippen LogP contribution in [0.1, 0.15) is 29.2 Å². The molecule has 0 aliphatic carbocycles. The van der Waals surface area contributed by atoms with E-state index in [1.165, 1.54) is 11.8 Å². The summed E-state index contributed by atoms with van der Waals surface area (Å²) in [6.07, 6.45) is 2.49. The topological polar surface area (TPSA) is 45.1 Å².